The molecule has 0 bridgehead atoms. The third-order valence-electron chi connectivity index (χ3n) is 2.00. The van der Waals surface area contributed by atoms with Gasteiger partial charge >= 0.3 is 0 Å². The molecule has 0 spiro atoms. The van der Waals surface area contributed by atoms with Gasteiger partial charge in [-0.15, -0.1) is 6.42 Å². The van der Waals surface area contributed by atoms with E-state index in [4.69, 9.17) is 6.42 Å². The second-order valence-corrected chi connectivity index (χ2v) is 3.18. The quantitative estimate of drug-likeness (QED) is 0.520. The lowest BCUT2D eigenvalue weighted by Crippen LogP contribution is -2.04. The van der Waals surface area contributed by atoms with E-state index in [0.717, 1.165) is 11.1 Å². The van der Waals surface area contributed by atoms with Gasteiger partial charge in [-0.3, -0.25) is 4.79 Å². The Bertz CT molecular complexity index is 407. The second kappa shape index (κ2) is 4.43. The molecule has 0 fully saturated rings. The fourth-order valence-corrected chi connectivity index (χ4v) is 1.14. The van der Waals surface area contributed by atoms with Gasteiger partial charge in [-0.05, 0) is 24.1 Å². The van der Waals surface area contributed by atoms with Gasteiger partial charge in [-0.25, -0.2) is 0 Å². The number of hydrogen-bond acceptors (Lipinski definition) is 1. The first-order valence-electron chi connectivity index (χ1n) is 4.38. The van der Waals surface area contributed by atoms with Gasteiger partial charge in [0.25, 0.3) is 0 Å². The van der Waals surface area contributed by atoms with E-state index < -0.39 is 0 Å². The molecule has 1 aromatic rings. The first-order chi connectivity index (χ1) is 6.65. The zero-order valence-corrected chi connectivity index (χ0v) is 8.21. The molecule has 0 N–H and O–H groups in total. The summed E-state index contributed by atoms with van der Waals surface area (Å²) in [5, 5.41) is 0. The van der Waals surface area contributed by atoms with Crippen LogP contribution >= 0.6 is 0 Å². The van der Waals surface area contributed by atoms with Crippen molar-refractivity contribution >= 4 is 5.78 Å². The molecule has 0 aliphatic carbocycles. The first kappa shape index (κ1) is 10.3. The summed E-state index contributed by atoms with van der Waals surface area (Å²) in [6, 6.07) is 7.45. The molecular formula is C13H12O. The normalized spacial score (nSPS) is 9.14. The predicted molar refractivity (Wildman–Crippen MR) is 57.9 cm³/mol. The van der Waals surface area contributed by atoms with Crippen LogP contribution in [0.1, 0.15) is 18.1 Å². The lowest BCUT2D eigenvalue weighted by atomic mass is 10.0. The Morgan fingerprint density at radius 2 is 2.14 bits per heavy atom. The molecule has 0 atom stereocenters. The van der Waals surface area contributed by atoms with Crippen molar-refractivity contribution in [1.82, 2.24) is 0 Å². The number of carbonyl (C=O) groups excluding carboxylic acids is 1. The number of rotatable bonds is 3. The zero-order chi connectivity index (χ0) is 10.6. The fourth-order valence-electron chi connectivity index (χ4n) is 1.14. The first-order valence-corrected chi connectivity index (χ1v) is 4.38. The smallest absolute Gasteiger partial charge is 0.162 e. The van der Waals surface area contributed by atoms with Gasteiger partial charge in [0.15, 0.2) is 5.78 Å². The highest BCUT2D eigenvalue weighted by atomic mass is 16.1. The number of Topliss-reactive ketones (excluding diaryl/α,β-unsaturated/α-hetero) is 1. The summed E-state index contributed by atoms with van der Waals surface area (Å²) in [5.74, 6) is 2.59. The number of hydrogen-bond donors (Lipinski definition) is 0. The van der Waals surface area contributed by atoms with Gasteiger partial charge in [-0.1, -0.05) is 30.7 Å². The van der Waals surface area contributed by atoms with Crippen molar-refractivity contribution in [2.24, 2.45) is 0 Å². The van der Waals surface area contributed by atoms with Crippen LogP contribution in [-0.2, 0) is 11.2 Å². The summed E-state index contributed by atoms with van der Waals surface area (Å²) in [6.07, 6.45) is 5.66. The summed E-state index contributed by atoms with van der Waals surface area (Å²) < 4.78 is 0. The Labute approximate surface area is 84.5 Å². The lowest BCUT2D eigenvalue weighted by Gasteiger charge is -2.02. The van der Waals surface area contributed by atoms with E-state index in [1.54, 1.807) is 6.92 Å². The maximum absolute atomic E-state index is 11.4. The van der Waals surface area contributed by atoms with Gasteiger partial charge in [-0.2, -0.15) is 0 Å². The number of ketones is 1. The Kier molecular flexibility index (Phi) is 3.25. The molecular weight excluding hydrogens is 172 g/mol. The van der Waals surface area contributed by atoms with Crippen molar-refractivity contribution in [3.05, 3.63) is 47.5 Å². The molecule has 0 amide bonds. The number of terminal acetylenes is 1. The monoisotopic (exact) mass is 184 g/mol. The predicted octanol–water partition coefficient (Wildman–Crippen LogP) is 2.36. The standard InChI is InChI=1S/C13H12O/c1-4-11-7-5-6-8-12(11)9-13(14)10(2)3/h1,5-8H,2,9H2,3H3. The van der Waals surface area contributed by atoms with Crippen molar-refractivity contribution in [1.29, 1.82) is 0 Å². The third-order valence-corrected chi connectivity index (χ3v) is 2.00. The SMILES string of the molecule is C#Cc1ccccc1CC(=O)C(=C)C. The van der Waals surface area contributed by atoms with E-state index in [1.807, 2.05) is 24.3 Å². The van der Waals surface area contributed by atoms with E-state index in [0.29, 0.717) is 12.0 Å². The summed E-state index contributed by atoms with van der Waals surface area (Å²) in [4.78, 5) is 11.4. The number of allylic oxidation sites excluding steroid dienone is 1. The van der Waals surface area contributed by atoms with Gasteiger partial charge in [0.05, 0.1) is 0 Å². The van der Waals surface area contributed by atoms with Crippen LogP contribution in [0.4, 0.5) is 0 Å². The summed E-state index contributed by atoms with van der Waals surface area (Å²) in [6.45, 7) is 5.31. The van der Waals surface area contributed by atoms with Crippen LogP contribution in [0.15, 0.2) is 36.4 Å². The van der Waals surface area contributed by atoms with Crippen molar-refractivity contribution < 1.29 is 4.79 Å². The molecule has 0 saturated carbocycles. The van der Waals surface area contributed by atoms with E-state index >= 15 is 0 Å². The van der Waals surface area contributed by atoms with Gasteiger partial charge < -0.3 is 0 Å². The summed E-state index contributed by atoms with van der Waals surface area (Å²) in [5.41, 5.74) is 2.24. The largest absolute Gasteiger partial charge is 0.294 e. The van der Waals surface area contributed by atoms with E-state index in [1.165, 1.54) is 0 Å². The highest BCUT2D eigenvalue weighted by Gasteiger charge is 2.06. The van der Waals surface area contributed by atoms with Crippen LogP contribution < -0.4 is 0 Å². The molecule has 0 heterocycles. The minimum Gasteiger partial charge on any atom is -0.294 e. The molecule has 1 heteroatoms. The molecule has 1 aromatic carbocycles. The lowest BCUT2D eigenvalue weighted by molar-refractivity contribution is -0.114. The molecule has 0 saturated heterocycles. The highest BCUT2D eigenvalue weighted by molar-refractivity contribution is 5.95. The van der Waals surface area contributed by atoms with Gasteiger partial charge in [0.1, 0.15) is 0 Å². The Morgan fingerprint density at radius 1 is 1.50 bits per heavy atom. The van der Waals surface area contributed by atoms with Crippen molar-refractivity contribution in [3.63, 3.8) is 0 Å². The topological polar surface area (TPSA) is 17.1 Å². The van der Waals surface area contributed by atoms with Crippen LogP contribution in [0.25, 0.3) is 0 Å². The molecule has 14 heavy (non-hydrogen) atoms. The summed E-state index contributed by atoms with van der Waals surface area (Å²) in [7, 11) is 0. The van der Waals surface area contributed by atoms with Gasteiger partial charge in [0, 0.05) is 12.0 Å². The van der Waals surface area contributed by atoms with Crippen LogP contribution in [-0.4, -0.2) is 5.78 Å². The Morgan fingerprint density at radius 3 is 2.71 bits per heavy atom. The average molecular weight is 184 g/mol. The maximum atomic E-state index is 11.4. The molecule has 1 rings (SSSR count). The molecule has 1 nitrogen and oxygen atoms in total. The fraction of sp³-hybridized carbons (Fsp3) is 0.154. The molecule has 0 radical (unpaired) electrons. The Hall–Kier alpha value is -1.81. The number of benzene rings is 1. The van der Waals surface area contributed by atoms with E-state index in [-0.39, 0.29) is 5.78 Å². The Balaban J connectivity index is 2.93. The van der Waals surface area contributed by atoms with E-state index in [2.05, 4.69) is 12.5 Å². The molecule has 70 valence electrons. The second-order valence-electron chi connectivity index (χ2n) is 3.18. The van der Waals surface area contributed by atoms with Crippen molar-refractivity contribution in [3.8, 4) is 12.3 Å². The van der Waals surface area contributed by atoms with Crippen molar-refractivity contribution in [2.45, 2.75) is 13.3 Å². The summed E-state index contributed by atoms with van der Waals surface area (Å²) >= 11 is 0. The van der Waals surface area contributed by atoms with E-state index in [9.17, 15) is 4.79 Å². The van der Waals surface area contributed by atoms with Gasteiger partial charge in [0.2, 0.25) is 0 Å². The average Bonchev–Trinajstić information content (AvgIpc) is 2.18. The van der Waals surface area contributed by atoms with Crippen LogP contribution in [0.2, 0.25) is 0 Å². The van der Waals surface area contributed by atoms with Crippen molar-refractivity contribution in [2.75, 3.05) is 0 Å². The zero-order valence-electron chi connectivity index (χ0n) is 8.21. The number of carbonyl (C=O) groups is 1. The van der Waals surface area contributed by atoms with Crippen LogP contribution in [0.5, 0.6) is 0 Å². The molecule has 0 aliphatic rings. The minimum atomic E-state index is 0.0349. The molecule has 0 aromatic heterocycles. The molecule has 0 unspecified atom stereocenters. The minimum absolute atomic E-state index is 0.0349. The van der Waals surface area contributed by atoms with Crippen LogP contribution in [0, 0.1) is 12.3 Å². The maximum Gasteiger partial charge on any atom is 0.162 e. The highest BCUT2D eigenvalue weighted by Crippen LogP contribution is 2.10. The van der Waals surface area contributed by atoms with Crippen LogP contribution in [0.3, 0.4) is 0 Å². The third kappa shape index (κ3) is 2.34. The molecule has 0 aliphatic heterocycles.